The van der Waals surface area contributed by atoms with Gasteiger partial charge in [0, 0.05) is 32.4 Å². The highest BCUT2D eigenvalue weighted by molar-refractivity contribution is 6.33. The van der Waals surface area contributed by atoms with Crippen LogP contribution in [-0.4, -0.2) is 79.0 Å². The number of carbonyl (C=O) groups excluding carboxylic acids is 1. The highest BCUT2D eigenvalue weighted by Crippen LogP contribution is 2.20. The zero-order valence-electron chi connectivity index (χ0n) is 21.2. The van der Waals surface area contributed by atoms with Crippen LogP contribution in [0.2, 0.25) is 5.02 Å². The third-order valence-corrected chi connectivity index (χ3v) is 6.86. The molecule has 0 spiro atoms. The van der Waals surface area contributed by atoms with Gasteiger partial charge in [-0.05, 0) is 68.8 Å². The van der Waals surface area contributed by atoms with E-state index in [0.717, 1.165) is 50.2 Å². The van der Waals surface area contributed by atoms with Crippen LogP contribution in [0.15, 0.2) is 36.4 Å². The summed E-state index contributed by atoms with van der Waals surface area (Å²) in [5.74, 6) is -0.703. The number of aromatic nitrogens is 1. The van der Waals surface area contributed by atoms with Gasteiger partial charge in [-0.15, -0.1) is 0 Å². The Balaban J connectivity index is 1.54. The van der Waals surface area contributed by atoms with Gasteiger partial charge in [0.15, 0.2) is 0 Å². The van der Waals surface area contributed by atoms with Crippen LogP contribution >= 0.6 is 11.6 Å². The van der Waals surface area contributed by atoms with Gasteiger partial charge in [0.1, 0.15) is 18.5 Å². The molecule has 1 amide bonds. The summed E-state index contributed by atoms with van der Waals surface area (Å²) in [7, 11) is 1.46. The SMILES string of the molecule is COC(CF)CN(CCCCc1ccc2c(n1)NCCC2)CCC(NC(=O)c1ccccc1Cl)C(=O)O. The van der Waals surface area contributed by atoms with Gasteiger partial charge in [0.25, 0.3) is 5.91 Å². The van der Waals surface area contributed by atoms with Crippen LogP contribution in [0.3, 0.4) is 0 Å². The number of aryl methyl sites for hydroxylation is 2. The molecule has 3 N–H and O–H groups in total. The van der Waals surface area contributed by atoms with Crippen molar-refractivity contribution in [2.24, 2.45) is 0 Å². The minimum absolute atomic E-state index is 0.159. The molecule has 1 aromatic heterocycles. The van der Waals surface area contributed by atoms with Crippen LogP contribution in [0.5, 0.6) is 0 Å². The van der Waals surface area contributed by atoms with Gasteiger partial charge in [-0.25, -0.2) is 14.2 Å². The summed E-state index contributed by atoms with van der Waals surface area (Å²) < 4.78 is 18.6. The Bertz CT molecular complexity index is 1040. The van der Waals surface area contributed by atoms with E-state index in [-0.39, 0.29) is 17.0 Å². The van der Waals surface area contributed by atoms with E-state index in [9.17, 15) is 19.1 Å². The third kappa shape index (κ3) is 8.94. The minimum atomic E-state index is -1.14. The Morgan fingerprint density at radius 2 is 2.05 bits per heavy atom. The molecule has 2 heterocycles. The first-order valence-corrected chi connectivity index (χ1v) is 13.1. The van der Waals surface area contributed by atoms with Crippen LogP contribution in [0.1, 0.15) is 47.3 Å². The van der Waals surface area contributed by atoms with Crippen molar-refractivity contribution < 1.29 is 23.8 Å². The first-order valence-electron chi connectivity index (χ1n) is 12.7. The molecule has 0 bridgehead atoms. The van der Waals surface area contributed by atoms with Crippen molar-refractivity contribution in [1.82, 2.24) is 15.2 Å². The van der Waals surface area contributed by atoms with Gasteiger partial charge in [-0.2, -0.15) is 0 Å². The van der Waals surface area contributed by atoms with E-state index >= 15 is 0 Å². The maximum Gasteiger partial charge on any atom is 0.326 e. The number of carbonyl (C=O) groups is 2. The number of ether oxygens (including phenoxy) is 1. The van der Waals surface area contributed by atoms with Crippen molar-refractivity contribution in [1.29, 1.82) is 0 Å². The fourth-order valence-corrected chi connectivity index (χ4v) is 4.59. The Morgan fingerprint density at radius 3 is 2.78 bits per heavy atom. The van der Waals surface area contributed by atoms with Crippen molar-refractivity contribution in [3.05, 3.63) is 58.2 Å². The van der Waals surface area contributed by atoms with E-state index in [4.69, 9.17) is 21.3 Å². The standard InChI is InChI=1S/C27H36ClFN4O4/c1-37-21(17-29)18-33(15-5-4-8-20-12-11-19-7-6-14-30-25(19)31-20)16-13-24(27(35)36)32-26(34)22-9-2-3-10-23(22)28/h2-3,9-12,21,24H,4-8,13-18H2,1H3,(H,30,31)(H,32,34)(H,35,36). The number of rotatable bonds is 15. The van der Waals surface area contributed by atoms with Crippen molar-refractivity contribution in [2.75, 3.05) is 45.3 Å². The molecular formula is C27H36ClFN4O4. The Hall–Kier alpha value is -2.75. The Morgan fingerprint density at radius 1 is 1.24 bits per heavy atom. The van der Waals surface area contributed by atoms with Crippen molar-refractivity contribution in [3.63, 3.8) is 0 Å². The van der Waals surface area contributed by atoms with Crippen molar-refractivity contribution in [2.45, 2.75) is 50.7 Å². The van der Waals surface area contributed by atoms with Crippen LogP contribution in [0.25, 0.3) is 0 Å². The number of aliphatic carboxylic acids is 1. The number of alkyl halides is 1. The lowest BCUT2D eigenvalue weighted by Crippen LogP contribution is -2.44. The number of nitrogens with zero attached hydrogens (tertiary/aromatic N) is 2. The summed E-state index contributed by atoms with van der Waals surface area (Å²) in [6.45, 7) is 1.65. The van der Waals surface area contributed by atoms with E-state index in [1.54, 1.807) is 24.3 Å². The molecule has 0 fully saturated rings. The number of fused-ring (bicyclic) bond motifs is 1. The highest BCUT2D eigenvalue weighted by atomic mass is 35.5. The van der Waals surface area contributed by atoms with Crippen LogP contribution < -0.4 is 10.6 Å². The second-order valence-electron chi connectivity index (χ2n) is 9.24. The molecule has 10 heteroatoms. The molecule has 0 aliphatic carbocycles. The number of benzene rings is 1. The van der Waals surface area contributed by atoms with E-state index in [1.165, 1.54) is 12.7 Å². The number of amides is 1. The molecule has 1 aromatic carbocycles. The third-order valence-electron chi connectivity index (χ3n) is 6.53. The number of unbranched alkanes of at least 4 members (excludes halogenated alkanes) is 1. The van der Waals surface area contributed by atoms with E-state index in [2.05, 4.69) is 22.8 Å². The molecular weight excluding hydrogens is 499 g/mol. The average molecular weight is 535 g/mol. The number of pyridine rings is 1. The van der Waals surface area contributed by atoms with E-state index in [0.29, 0.717) is 19.6 Å². The summed E-state index contributed by atoms with van der Waals surface area (Å²) in [4.78, 5) is 31.2. The number of halogens is 2. The Labute approximate surface area is 222 Å². The van der Waals surface area contributed by atoms with Crippen molar-refractivity contribution >= 4 is 29.3 Å². The number of methoxy groups -OCH3 is 1. The maximum atomic E-state index is 13.4. The smallest absolute Gasteiger partial charge is 0.326 e. The van der Waals surface area contributed by atoms with Gasteiger partial charge in [0.05, 0.1) is 16.7 Å². The lowest BCUT2D eigenvalue weighted by atomic mass is 10.1. The molecule has 1 aliphatic heterocycles. The number of hydrogen-bond donors (Lipinski definition) is 3. The quantitative estimate of drug-likeness (QED) is 0.297. The maximum absolute atomic E-state index is 13.4. The van der Waals surface area contributed by atoms with E-state index in [1.807, 2.05) is 4.90 Å². The van der Waals surface area contributed by atoms with Gasteiger partial charge in [0.2, 0.25) is 0 Å². The topological polar surface area (TPSA) is 104 Å². The van der Waals surface area contributed by atoms with Gasteiger partial charge in [-0.1, -0.05) is 29.8 Å². The molecule has 8 nitrogen and oxygen atoms in total. The lowest BCUT2D eigenvalue weighted by molar-refractivity contribution is -0.139. The van der Waals surface area contributed by atoms with E-state index < -0.39 is 30.7 Å². The second-order valence-corrected chi connectivity index (χ2v) is 9.65. The minimum Gasteiger partial charge on any atom is -0.480 e. The number of hydrogen-bond acceptors (Lipinski definition) is 6. The van der Waals surface area contributed by atoms with Gasteiger partial charge >= 0.3 is 5.97 Å². The summed E-state index contributed by atoms with van der Waals surface area (Å²) >= 11 is 6.08. The molecule has 2 atom stereocenters. The van der Waals surface area contributed by atoms with Gasteiger partial charge in [-0.3, -0.25) is 4.79 Å². The fraction of sp³-hybridized carbons (Fsp3) is 0.519. The first-order chi connectivity index (χ1) is 17.9. The zero-order chi connectivity index (χ0) is 26.6. The summed E-state index contributed by atoms with van der Waals surface area (Å²) in [6.07, 6.45) is 4.28. The number of carboxylic acids is 1. The molecule has 0 saturated heterocycles. The Kier molecular flexibility index (Phi) is 11.6. The summed E-state index contributed by atoms with van der Waals surface area (Å²) in [5, 5.41) is 15.8. The molecule has 37 heavy (non-hydrogen) atoms. The normalized spacial score (nSPS) is 14.5. The predicted octanol–water partition coefficient (Wildman–Crippen LogP) is 3.98. The van der Waals surface area contributed by atoms with Crippen LogP contribution in [-0.2, 0) is 22.4 Å². The number of carboxylic acid groups (broad SMARTS) is 1. The molecule has 0 saturated carbocycles. The second kappa shape index (κ2) is 14.9. The number of nitrogens with one attached hydrogen (secondary N) is 2. The van der Waals surface area contributed by atoms with Crippen LogP contribution in [0, 0.1) is 0 Å². The molecule has 3 rings (SSSR count). The molecule has 2 aromatic rings. The number of anilines is 1. The van der Waals surface area contributed by atoms with Crippen LogP contribution in [0.4, 0.5) is 10.2 Å². The molecule has 1 aliphatic rings. The zero-order valence-corrected chi connectivity index (χ0v) is 22.0. The predicted molar refractivity (Wildman–Crippen MR) is 142 cm³/mol. The fourth-order valence-electron chi connectivity index (χ4n) is 4.37. The highest BCUT2D eigenvalue weighted by Gasteiger charge is 2.23. The first kappa shape index (κ1) is 28.8. The lowest BCUT2D eigenvalue weighted by Gasteiger charge is -2.27. The molecule has 0 radical (unpaired) electrons. The van der Waals surface area contributed by atoms with Gasteiger partial charge < -0.3 is 25.4 Å². The largest absolute Gasteiger partial charge is 0.480 e. The molecule has 202 valence electrons. The molecule has 2 unspecified atom stereocenters. The summed E-state index contributed by atoms with van der Waals surface area (Å²) in [6, 6.07) is 9.59. The monoisotopic (exact) mass is 534 g/mol. The summed E-state index contributed by atoms with van der Waals surface area (Å²) in [5.41, 5.74) is 2.51. The average Bonchev–Trinajstić information content (AvgIpc) is 2.91. The van der Waals surface area contributed by atoms with Crippen molar-refractivity contribution in [3.8, 4) is 0 Å².